The van der Waals surface area contributed by atoms with Crippen LogP contribution in [0.15, 0.2) is 65.8 Å². The van der Waals surface area contributed by atoms with Crippen LogP contribution in [-0.2, 0) is 4.79 Å². The van der Waals surface area contributed by atoms with Crippen LogP contribution >= 0.6 is 0 Å². The van der Waals surface area contributed by atoms with Crippen molar-refractivity contribution in [2.75, 3.05) is 13.7 Å². The van der Waals surface area contributed by atoms with E-state index in [4.69, 9.17) is 9.47 Å². The predicted octanol–water partition coefficient (Wildman–Crippen LogP) is 3.08. The van der Waals surface area contributed by atoms with Gasteiger partial charge in [0.05, 0.1) is 13.3 Å². The van der Waals surface area contributed by atoms with Gasteiger partial charge in [-0.25, -0.2) is 5.43 Å². The van der Waals surface area contributed by atoms with Crippen LogP contribution in [0.25, 0.3) is 10.8 Å². The summed E-state index contributed by atoms with van der Waals surface area (Å²) in [5.74, 6) is 0.604. The van der Waals surface area contributed by atoms with Gasteiger partial charge in [0.2, 0.25) is 0 Å². The molecule has 0 aromatic heterocycles. The van der Waals surface area contributed by atoms with Crippen molar-refractivity contribution in [3.63, 3.8) is 0 Å². The maximum Gasteiger partial charge on any atom is 0.277 e. The molecule has 0 atom stereocenters. The number of rotatable bonds is 6. The highest BCUT2D eigenvalue weighted by molar-refractivity contribution is 5.85. The summed E-state index contributed by atoms with van der Waals surface area (Å²) in [6.07, 6.45) is 1.42. The second kappa shape index (κ2) is 8.02. The molecular formula is C20H18N2O4. The maximum atomic E-state index is 11.8. The average Bonchev–Trinajstić information content (AvgIpc) is 2.66. The van der Waals surface area contributed by atoms with Crippen molar-refractivity contribution < 1.29 is 19.4 Å². The number of methoxy groups -OCH3 is 1. The molecule has 0 bridgehead atoms. The Labute approximate surface area is 150 Å². The van der Waals surface area contributed by atoms with Gasteiger partial charge in [-0.3, -0.25) is 4.79 Å². The van der Waals surface area contributed by atoms with Gasteiger partial charge in [0.25, 0.3) is 5.91 Å². The van der Waals surface area contributed by atoms with Gasteiger partial charge in [-0.1, -0.05) is 30.3 Å². The van der Waals surface area contributed by atoms with E-state index >= 15 is 0 Å². The highest BCUT2D eigenvalue weighted by Gasteiger charge is 2.03. The van der Waals surface area contributed by atoms with Crippen LogP contribution in [0.5, 0.6) is 17.2 Å². The van der Waals surface area contributed by atoms with Crippen LogP contribution in [0.2, 0.25) is 0 Å². The highest BCUT2D eigenvalue weighted by Crippen LogP contribution is 2.25. The number of hydrogen-bond acceptors (Lipinski definition) is 5. The minimum atomic E-state index is -0.382. The molecule has 0 unspecified atom stereocenters. The van der Waals surface area contributed by atoms with Gasteiger partial charge in [0.1, 0.15) is 5.75 Å². The molecule has 0 aliphatic rings. The maximum absolute atomic E-state index is 11.8. The van der Waals surface area contributed by atoms with Crippen molar-refractivity contribution in [2.24, 2.45) is 5.10 Å². The minimum Gasteiger partial charge on any atom is -0.504 e. The number of nitrogens with one attached hydrogen (secondary N) is 1. The van der Waals surface area contributed by atoms with E-state index in [1.54, 1.807) is 12.1 Å². The van der Waals surface area contributed by atoms with Crippen LogP contribution < -0.4 is 14.9 Å². The topological polar surface area (TPSA) is 80.2 Å². The quantitative estimate of drug-likeness (QED) is 0.529. The first kappa shape index (κ1) is 17.3. The molecule has 0 aliphatic heterocycles. The summed E-state index contributed by atoms with van der Waals surface area (Å²) in [4.78, 5) is 11.8. The number of hydrogen-bond donors (Lipinski definition) is 2. The third-order valence-corrected chi connectivity index (χ3v) is 3.70. The van der Waals surface area contributed by atoms with Crippen LogP contribution in [0.4, 0.5) is 0 Å². The molecule has 3 rings (SSSR count). The molecule has 6 heteroatoms. The molecule has 0 aliphatic carbocycles. The number of carbonyl (C=O) groups is 1. The number of nitrogens with zero attached hydrogens (tertiary/aromatic N) is 1. The molecule has 0 saturated heterocycles. The second-order valence-corrected chi connectivity index (χ2v) is 5.52. The average molecular weight is 350 g/mol. The lowest BCUT2D eigenvalue weighted by molar-refractivity contribution is -0.123. The number of phenols is 1. The van der Waals surface area contributed by atoms with Crippen molar-refractivity contribution in [1.29, 1.82) is 0 Å². The Kier molecular flexibility index (Phi) is 5.34. The van der Waals surface area contributed by atoms with E-state index in [0.29, 0.717) is 17.1 Å². The van der Waals surface area contributed by atoms with E-state index in [0.717, 1.165) is 10.8 Å². The van der Waals surface area contributed by atoms with E-state index in [1.165, 1.54) is 19.4 Å². The first-order valence-electron chi connectivity index (χ1n) is 7.96. The standard InChI is InChI=1S/C20H18N2O4/c1-25-19-9-6-14(10-18(19)23)12-21-22-20(24)13-26-17-8-7-15-4-2-3-5-16(15)11-17/h2-12,23H,13H2,1H3,(H,22,24)/b21-12+. The lowest BCUT2D eigenvalue weighted by atomic mass is 10.1. The molecular weight excluding hydrogens is 332 g/mol. The number of fused-ring (bicyclic) bond motifs is 1. The number of aromatic hydroxyl groups is 1. The largest absolute Gasteiger partial charge is 0.504 e. The second-order valence-electron chi connectivity index (χ2n) is 5.52. The van der Waals surface area contributed by atoms with E-state index in [-0.39, 0.29) is 18.3 Å². The van der Waals surface area contributed by atoms with Crippen molar-refractivity contribution in [1.82, 2.24) is 5.43 Å². The highest BCUT2D eigenvalue weighted by atomic mass is 16.5. The van der Waals surface area contributed by atoms with Gasteiger partial charge < -0.3 is 14.6 Å². The molecule has 0 heterocycles. The fourth-order valence-electron chi connectivity index (χ4n) is 2.40. The third kappa shape index (κ3) is 4.30. The van der Waals surface area contributed by atoms with Crippen LogP contribution in [0.3, 0.4) is 0 Å². The van der Waals surface area contributed by atoms with Crippen LogP contribution in [0, 0.1) is 0 Å². The Morgan fingerprint density at radius 3 is 2.69 bits per heavy atom. The third-order valence-electron chi connectivity index (χ3n) is 3.70. The molecule has 6 nitrogen and oxygen atoms in total. The summed E-state index contributed by atoms with van der Waals surface area (Å²) >= 11 is 0. The number of phenolic OH excluding ortho intramolecular Hbond substituents is 1. The fraction of sp³-hybridized carbons (Fsp3) is 0.100. The summed E-state index contributed by atoms with van der Waals surface area (Å²) in [5.41, 5.74) is 3.00. The first-order valence-corrected chi connectivity index (χ1v) is 7.96. The van der Waals surface area contributed by atoms with Crippen molar-refractivity contribution in [3.05, 3.63) is 66.2 Å². The Morgan fingerprint density at radius 2 is 1.92 bits per heavy atom. The molecule has 3 aromatic carbocycles. The lowest BCUT2D eigenvalue weighted by Gasteiger charge is -2.06. The number of hydrazone groups is 1. The van der Waals surface area contributed by atoms with Gasteiger partial charge in [-0.15, -0.1) is 0 Å². The zero-order valence-corrected chi connectivity index (χ0v) is 14.2. The summed E-state index contributed by atoms with van der Waals surface area (Å²) < 4.78 is 10.4. The Bertz CT molecular complexity index is 953. The molecule has 0 fully saturated rings. The van der Waals surface area contributed by atoms with E-state index in [1.807, 2.05) is 42.5 Å². The van der Waals surface area contributed by atoms with Gasteiger partial charge in [0, 0.05) is 0 Å². The molecule has 3 aromatic rings. The van der Waals surface area contributed by atoms with E-state index < -0.39 is 0 Å². The van der Waals surface area contributed by atoms with Crippen molar-refractivity contribution >= 4 is 22.9 Å². The summed E-state index contributed by atoms with van der Waals surface area (Å²) in [6, 6.07) is 18.4. The zero-order valence-electron chi connectivity index (χ0n) is 14.2. The molecule has 2 N–H and O–H groups in total. The first-order chi connectivity index (χ1) is 12.7. The van der Waals surface area contributed by atoms with Gasteiger partial charge in [-0.05, 0) is 46.7 Å². The number of amides is 1. The van der Waals surface area contributed by atoms with E-state index in [2.05, 4.69) is 10.5 Å². The van der Waals surface area contributed by atoms with Crippen molar-refractivity contribution in [3.8, 4) is 17.2 Å². The Morgan fingerprint density at radius 1 is 1.12 bits per heavy atom. The SMILES string of the molecule is COc1ccc(/C=N/NC(=O)COc2ccc3ccccc3c2)cc1O. The molecule has 0 spiro atoms. The smallest absolute Gasteiger partial charge is 0.277 e. The monoisotopic (exact) mass is 350 g/mol. The summed E-state index contributed by atoms with van der Waals surface area (Å²) in [5, 5.41) is 15.7. The summed E-state index contributed by atoms with van der Waals surface area (Å²) in [7, 11) is 1.47. The van der Waals surface area contributed by atoms with Gasteiger partial charge >= 0.3 is 0 Å². The Balaban J connectivity index is 1.52. The fourth-order valence-corrected chi connectivity index (χ4v) is 2.40. The number of benzene rings is 3. The van der Waals surface area contributed by atoms with Crippen LogP contribution in [-0.4, -0.2) is 30.9 Å². The molecule has 1 amide bonds. The van der Waals surface area contributed by atoms with Gasteiger partial charge in [-0.2, -0.15) is 5.10 Å². The van der Waals surface area contributed by atoms with Crippen LogP contribution in [0.1, 0.15) is 5.56 Å². The minimum absolute atomic E-state index is 0.00224. The lowest BCUT2D eigenvalue weighted by Crippen LogP contribution is -2.24. The van der Waals surface area contributed by atoms with E-state index in [9.17, 15) is 9.90 Å². The molecule has 132 valence electrons. The Hall–Kier alpha value is -3.54. The van der Waals surface area contributed by atoms with Crippen molar-refractivity contribution in [2.45, 2.75) is 0 Å². The zero-order chi connectivity index (χ0) is 18.4. The summed E-state index contributed by atoms with van der Waals surface area (Å²) in [6.45, 7) is -0.149. The molecule has 0 radical (unpaired) electrons. The normalized spacial score (nSPS) is 10.8. The number of ether oxygens (including phenoxy) is 2. The predicted molar refractivity (Wildman–Crippen MR) is 99.8 cm³/mol. The number of carbonyl (C=O) groups excluding carboxylic acids is 1. The molecule has 26 heavy (non-hydrogen) atoms. The molecule has 0 saturated carbocycles. The van der Waals surface area contributed by atoms with Gasteiger partial charge in [0.15, 0.2) is 18.1 Å².